The Morgan fingerprint density at radius 3 is 2.70 bits per heavy atom. The van der Waals surface area contributed by atoms with Crippen molar-refractivity contribution in [2.24, 2.45) is 5.41 Å². The van der Waals surface area contributed by atoms with E-state index < -0.39 is 0 Å². The van der Waals surface area contributed by atoms with Gasteiger partial charge in [-0.3, -0.25) is 4.79 Å². The smallest absolute Gasteiger partial charge is 0.164 e. The van der Waals surface area contributed by atoms with E-state index in [0.29, 0.717) is 11.8 Å². The molecule has 1 heterocycles. The summed E-state index contributed by atoms with van der Waals surface area (Å²) in [7, 11) is 0. The van der Waals surface area contributed by atoms with Crippen molar-refractivity contribution in [1.29, 1.82) is 0 Å². The zero-order chi connectivity index (χ0) is 14.6. The minimum Gasteiger partial charge on any atom is -0.303 e. The van der Waals surface area contributed by atoms with E-state index >= 15 is 0 Å². The van der Waals surface area contributed by atoms with E-state index in [1.54, 1.807) is 0 Å². The van der Waals surface area contributed by atoms with Crippen LogP contribution in [0.3, 0.4) is 0 Å². The van der Waals surface area contributed by atoms with Crippen molar-refractivity contribution >= 4 is 5.78 Å². The first-order valence-electron chi connectivity index (χ1n) is 7.79. The first-order valence-corrected chi connectivity index (χ1v) is 7.79. The third-order valence-electron chi connectivity index (χ3n) is 4.53. The molecule has 1 aliphatic rings. The van der Waals surface area contributed by atoms with Gasteiger partial charge in [0.05, 0.1) is 0 Å². The number of hydrogen-bond acceptors (Lipinski definition) is 2. The minimum atomic E-state index is 0.284. The van der Waals surface area contributed by atoms with E-state index in [-0.39, 0.29) is 5.78 Å². The second-order valence-electron chi connectivity index (χ2n) is 6.85. The third kappa shape index (κ3) is 4.17. The molecule has 2 rings (SSSR count). The molecule has 1 saturated heterocycles. The van der Waals surface area contributed by atoms with Gasteiger partial charge in [0.15, 0.2) is 5.78 Å². The molecule has 0 radical (unpaired) electrons. The van der Waals surface area contributed by atoms with E-state index in [9.17, 15) is 4.79 Å². The van der Waals surface area contributed by atoms with Gasteiger partial charge in [-0.1, -0.05) is 38.1 Å². The Balaban J connectivity index is 1.86. The van der Waals surface area contributed by atoms with Crippen molar-refractivity contribution in [3.63, 3.8) is 0 Å². The van der Waals surface area contributed by atoms with E-state index in [1.165, 1.54) is 19.3 Å². The Kier molecular flexibility index (Phi) is 4.98. The summed E-state index contributed by atoms with van der Waals surface area (Å²) in [6.45, 7) is 9.91. The molecule has 0 atom stereocenters. The highest BCUT2D eigenvalue weighted by Gasteiger charge is 2.23. The van der Waals surface area contributed by atoms with Crippen LogP contribution in [0.1, 0.15) is 55.5 Å². The fourth-order valence-corrected chi connectivity index (χ4v) is 2.98. The molecule has 0 aromatic heterocycles. The van der Waals surface area contributed by atoms with Crippen LogP contribution >= 0.6 is 0 Å². The lowest BCUT2D eigenvalue weighted by atomic mass is 9.85. The quantitative estimate of drug-likeness (QED) is 0.770. The Labute approximate surface area is 123 Å². The minimum absolute atomic E-state index is 0.284. The first-order chi connectivity index (χ1) is 9.48. The van der Waals surface area contributed by atoms with Crippen LogP contribution in [0.4, 0.5) is 0 Å². The molecule has 1 aromatic rings. The van der Waals surface area contributed by atoms with Gasteiger partial charge in [0.1, 0.15) is 0 Å². The van der Waals surface area contributed by atoms with Crippen LogP contribution in [0.15, 0.2) is 24.3 Å². The maximum atomic E-state index is 12.3. The van der Waals surface area contributed by atoms with Gasteiger partial charge < -0.3 is 4.90 Å². The summed E-state index contributed by atoms with van der Waals surface area (Å²) in [5.74, 6) is 0.284. The highest BCUT2D eigenvalue weighted by atomic mass is 16.1. The zero-order valence-electron chi connectivity index (χ0n) is 13.1. The SMILES string of the molecule is Cc1ccccc1C(=O)CCN1CCCC(C)(C)CC1. The van der Waals surface area contributed by atoms with Gasteiger partial charge in [0, 0.05) is 18.5 Å². The normalized spacial score (nSPS) is 19.6. The molecule has 1 fully saturated rings. The van der Waals surface area contributed by atoms with Crippen LogP contribution in [0, 0.1) is 12.3 Å². The summed E-state index contributed by atoms with van der Waals surface area (Å²) in [6, 6.07) is 7.91. The first kappa shape index (κ1) is 15.2. The average Bonchev–Trinajstić information content (AvgIpc) is 2.57. The van der Waals surface area contributed by atoms with Crippen LogP contribution in [0.25, 0.3) is 0 Å². The van der Waals surface area contributed by atoms with Gasteiger partial charge in [-0.05, 0) is 50.3 Å². The molecule has 1 aromatic carbocycles. The molecule has 0 bridgehead atoms. The maximum absolute atomic E-state index is 12.3. The van der Waals surface area contributed by atoms with Gasteiger partial charge in [-0.25, -0.2) is 0 Å². The summed E-state index contributed by atoms with van der Waals surface area (Å²) in [5, 5.41) is 0. The Morgan fingerprint density at radius 2 is 1.95 bits per heavy atom. The van der Waals surface area contributed by atoms with Crippen molar-refractivity contribution in [3.8, 4) is 0 Å². The lowest BCUT2D eigenvalue weighted by Gasteiger charge is -2.23. The molecule has 0 unspecified atom stereocenters. The summed E-state index contributed by atoms with van der Waals surface area (Å²) in [6.07, 6.45) is 4.44. The molecule has 2 heteroatoms. The highest BCUT2D eigenvalue weighted by molar-refractivity contribution is 5.97. The standard InChI is InChI=1S/C18H27NO/c1-15-7-4-5-8-16(15)17(20)9-13-19-12-6-10-18(2,3)11-14-19/h4-5,7-8H,6,9-14H2,1-3H3. The molecule has 20 heavy (non-hydrogen) atoms. The van der Waals surface area contributed by atoms with E-state index in [4.69, 9.17) is 0 Å². The zero-order valence-corrected chi connectivity index (χ0v) is 13.1. The third-order valence-corrected chi connectivity index (χ3v) is 4.53. The van der Waals surface area contributed by atoms with Gasteiger partial charge >= 0.3 is 0 Å². The molecule has 0 amide bonds. The summed E-state index contributed by atoms with van der Waals surface area (Å²) < 4.78 is 0. The fourth-order valence-electron chi connectivity index (χ4n) is 2.98. The number of nitrogens with zero attached hydrogens (tertiary/aromatic N) is 1. The second-order valence-corrected chi connectivity index (χ2v) is 6.85. The fraction of sp³-hybridized carbons (Fsp3) is 0.611. The number of Topliss-reactive ketones (excluding diaryl/α,β-unsaturated/α-hetero) is 1. The van der Waals surface area contributed by atoms with Crippen molar-refractivity contribution in [2.45, 2.75) is 46.5 Å². The highest BCUT2D eigenvalue weighted by Crippen LogP contribution is 2.29. The number of carbonyl (C=O) groups is 1. The Bertz CT molecular complexity index is 464. The number of carbonyl (C=O) groups excluding carboxylic acids is 1. The Morgan fingerprint density at radius 1 is 1.20 bits per heavy atom. The molecular weight excluding hydrogens is 246 g/mol. The maximum Gasteiger partial charge on any atom is 0.164 e. The largest absolute Gasteiger partial charge is 0.303 e. The summed E-state index contributed by atoms with van der Waals surface area (Å²) >= 11 is 0. The Hall–Kier alpha value is -1.15. The van der Waals surface area contributed by atoms with Crippen molar-refractivity contribution < 1.29 is 4.79 Å². The van der Waals surface area contributed by atoms with E-state index in [0.717, 1.165) is 30.8 Å². The summed E-state index contributed by atoms with van der Waals surface area (Å²) in [5.41, 5.74) is 2.45. The molecular formula is C18H27NO. The predicted octanol–water partition coefficient (Wildman–Crippen LogP) is 4.08. The number of ketones is 1. The molecule has 0 aliphatic carbocycles. The lowest BCUT2D eigenvalue weighted by Crippen LogP contribution is -2.28. The van der Waals surface area contributed by atoms with Crippen LogP contribution in [-0.2, 0) is 0 Å². The van der Waals surface area contributed by atoms with Crippen LogP contribution in [0.2, 0.25) is 0 Å². The molecule has 0 N–H and O–H groups in total. The lowest BCUT2D eigenvalue weighted by molar-refractivity contribution is 0.0963. The number of aryl methyl sites for hydroxylation is 1. The van der Waals surface area contributed by atoms with Gasteiger partial charge in [0.2, 0.25) is 0 Å². The molecule has 1 aliphatic heterocycles. The molecule has 0 saturated carbocycles. The number of likely N-dealkylation sites (tertiary alicyclic amines) is 1. The van der Waals surface area contributed by atoms with Crippen molar-refractivity contribution in [3.05, 3.63) is 35.4 Å². The topological polar surface area (TPSA) is 20.3 Å². The van der Waals surface area contributed by atoms with Crippen molar-refractivity contribution in [1.82, 2.24) is 4.90 Å². The van der Waals surface area contributed by atoms with Crippen LogP contribution < -0.4 is 0 Å². The van der Waals surface area contributed by atoms with E-state index in [1.807, 2.05) is 31.2 Å². The summed E-state index contributed by atoms with van der Waals surface area (Å²) in [4.78, 5) is 14.8. The second kappa shape index (κ2) is 6.53. The molecule has 110 valence electrons. The van der Waals surface area contributed by atoms with Crippen LogP contribution in [0.5, 0.6) is 0 Å². The molecule has 0 spiro atoms. The predicted molar refractivity (Wildman–Crippen MR) is 84.2 cm³/mol. The van der Waals surface area contributed by atoms with Gasteiger partial charge in [-0.15, -0.1) is 0 Å². The number of benzene rings is 1. The van der Waals surface area contributed by atoms with Crippen molar-refractivity contribution in [2.75, 3.05) is 19.6 Å². The van der Waals surface area contributed by atoms with Gasteiger partial charge in [0.25, 0.3) is 0 Å². The van der Waals surface area contributed by atoms with Crippen LogP contribution in [-0.4, -0.2) is 30.3 Å². The monoisotopic (exact) mass is 273 g/mol. The number of rotatable bonds is 4. The van der Waals surface area contributed by atoms with Gasteiger partial charge in [-0.2, -0.15) is 0 Å². The molecule has 2 nitrogen and oxygen atoms in total. The average molecular weight is 273 g/mol. The number of hydrogen-bond donors (Lipinski definition) is 0. The van der Waals surface area contributed by atoms with E-state index in [2.05, 4.69) is 18.7 Å².